The van der Waals surface area contributed by atoms with E-state index in [1.165, 1.54) is 36.2 Å². The normalized spacial score (nSPS) is 10.6. The predicted molar refractivity (Wildman–Crippen MR) is 111 cm³/mol. The third-order valence-corrected chi connectivity index (χ3v) is 4.71. The van der Waals surface area contributed by atoms with Gasteiger partial charge in [-0.3, -0.25) is 4.79 Å². The van der Waals surface area contributed by atoms with Crippen LogP contribution in [0.1, 0.15) is 22.1 Å². The smallest absolute Gasteiger partial charge is 0.321 e. The fourth-order valence-corrected chi connectivity index (χ4v) is 2.81. The predicted octanol–water partition coefficient (Wildman–Crippen LogP) is 3.75. The molecular formula is C20H18BrF2N5O3. The van der Waals surface area contributed by atoms with E-state index in [9.17, 15) is 18.4 Å². The lowest BCUT2D eigenvalue weighted by atomic mass is 10.2. The lowest BCUT2D eigenvalue weighted by molar-refractivity contribution is 0.0907. The average molecular weight is 494 g/mol. The molecule has 3 amide bonds. The number of nitrogens with zero attached hydrogens (tertiary/aromatic N) is 3. The number of carbonyl (C=O) groups excluding carboxylic acids is 2. The summed E-state index contributed by atoms with van der Waals surface area (Å²) in [5.74, 6) is -1.48. The van der Waals surface area contributed by atoms with Crippen LogP contribution < -0.4 is 10.6 Å². The van der Waals surface area contributed by atoms with E-state index >= 15 is 0 Å². The fourth-order valence-electron chi connectivity index (χ4n) is 2.48. The van der Waals surface area contributed by atoms with Crippen LogP contribution in [0.15, 0.2) is 51.5 Å². The van der Waals surface area contributed by atoms with Crippen LogP contribution in [0.4, 0.5) is 19.3 Å². The van der Waals surface area contributed by atoms with Gasteiger partial charge in [-0.2, -0.15) is 4.98 Å². The minimum atomic E-state index is -0.570. The van der Waals surface area contributed by atoms with Gasteiger partial charge in [0.05, 0.1) is 5.69 Å². The summed E-state index contributed by atoms with van der Waals surface area (Å²) in [7, 11) is 1.53. The Balaban J connectivity index is 1.48. The zero-order valence-corrected chi connectivity index (χ0v) is 17.9. The number of anilines is 1. The zero-order chi connectivity index (χ0) is 22.4. The van der Waals surface area contributed by atoms with E-state index in [1.807, 2.05) is 0 Å². The molecule has 0 aliphatic rings. The van der Waals surface area contributed by atoms with Crippen molar-refractivity contribution in [1.29, 1.82) is 0 Å². The van der Waals surface area contributed by atoms with E-state index in [0.29, 0.717) is 10.0 Å². The summed E-state index contributed by atoms with van der Waals surface area (Å²) < 4.78 is 32.3. The van der Waals surface area contributed by atoms with E-state index in [2.05, 4.69) is 36.7 Å². The maximum Gasteiger partial charge on any atom is 0.321 e. The van der Waals surface area contributed by atoms with Gasteiger partial charge in [0, 0.05) is 31.0 Å². The van der Waals surface area contributed by atoms with Gasteiger partial charge in [-0.1, -0.05) is 33.2 Å². The van der Waals surface area contributed by atoms with Gasteiger partial charge in [0.25, 0.3) is 0 Å². The van der Waals surface area contributed by atoms with Crippen molar-refractivity contribution >= 4 is 33.6 Å². The SMILES string of the molecule is CN(CCc1noc(C(=O)NCc2ccc(F)cc2)n1)C(=O)Nc1ccc(Br)cc1F. The number of amides is 3. The number of benzene rings is 2. The average Bonchev–Trinajstić information content (AvgIpc) is 3.22. The second kappa shape index (κ2) is 10.1. The van der Waals surface area contributed by atoms with Crippen molar-refractivity contribution in [3.63, 3.8) is 0 Å². The van der Waals surface area contributed by atoms with Crippen molar-refractivity contribution < 1.29 is 22.9 Å². The molecule has 0 saturated carbocycles. The molecule has 162 valence electrons. The number of halogens is 3. The Morgan fingerprint density at radius 3 is 2.61 bits per heavy atom. The Morgan fingerprint density at radius 2 is 1.90 bits per heavy atom. The largest absolute Gasteiger partial charge is 0.344 e. The molecule has 0 aliphatic heterocycles. The molecule has 2 aromatic carbocycles. The van der Waals surface area contributed by atoms with Crippen LogP contribution in [-0.4, -0.2) is 40.6 Å². The summed E-state index contributed by atoms with van der Waals surface area (Å²) in [6.45, 7) is 0.381. The summed E-state index contributed by atoms with van der Waals surface area (Å²) in [4.78, 5) is 29.6. The highest BCUT2D eigenvalue weighted by atomic mass is 79.9. The third kappa shape index (κ3) is 6.32. The van der Waals surface area contributed by atoms with Gasteiger partial charge in [0.2, 0.25) is 0 Å². The highest BCUT2D eigenvalue weighted by Gasteiger charge is 2.17. The molecule has 0 atom stereocenters. The summed E-state index contributed by atoms with van der Waals surface area (Å²) in [6.07, 6.45) is 0.224. The van der Waals surface area contributed by atoms with Crippen molar-refractivity contribution in [3.8, 4) is 0 Å². The molecule has 2 N–H and O–H groups in total. The monoisotopic (exact) mass is 493 g/mol. The lowest BCUT2D eigenvalue weighted by Crippen LogP contribution is -2.33. The van der Waals surface area contributed by atoms with Crippen LogP contribution in [0.25, 0.3) is 0 Å². The molecular weight excluding hydrogens is 476 g/mol. The zero-order valence-electron chi connectivity index (χ0n) is 16.4. The maximum absolute atomic E-state index is 13.8. The molecule has 8 nitrogen and oxygen atoms in total. The molecule has 0 aliphatic carbocycles. The number of carbonyl (C=O) groups is 2. The van der Waals surface area contributed by atoms with Gasteiger partial charge in [0.15, 0.2) is 5.82 Å². The van der Waals surface area contributed by atoms with Crippen LogP contribution in [0.5, 0.6) is 0 Å². The first kappa shape index (κ1) is 22.3. The number of nitrogens with one attached hydrogen (secondary N) is 2. The number of aromatic nitrogens is 2. The van der Waals surface area contributed by atoms with E-state index in [-0.39, 0.29) is 42.7 Å². The Kier molecular flexibility index (Phi) is 7.29. The fraction of sp³-hybridized carbons (Fsp3) is 0.200. The molecule has 3 aromatic rings. The molecule has 0 bridgehead atoms. The van der Waals surface area contributed by atoms with Crippen molar-refractivity contribution in [2.75, 3.05) is 18.9 Å². The molecule has 1 heterocycles. The first-order chi connectivity index (χ1) is 14.8. The van der Waals surface area contributed by atoms with E-state index < -0.39 is 17.8 Å². The topological polar surface area (TPSA) is 100 Å². The van der Waals surface area contributed by atoms with Gasteiger partial charge in [-0.15, -0.1) is 0 Å². The second-order valence-corrected chi connectivity index (χ2v) is 7.47. The standard InChI is InChI=1S/C20H18BrF2N5O3/c1-28(20(30)25-16-7-4-13(21)10-15(16)23)9-8-17-26-19(31-27-17)18(29)24-11-12-2-5-14(22)6-3-12/h2-7,10H,8-9,11H2,1H3,(H,24,29)(H,25,30). The first-order valence-electron chi connectivity index (χ1n) is 9.14. The van der Waals surface area contributed by atoms with Crippen LogP contribution in [0.3, 0.4) is 0 Å². The molecule has 0 unspecified atom stereocenters. The van der Waals surface area contributed by atoms with Crippen molar-refractivity contribution in [3.05, 3.63) is 75.9 Å². The number of rotatable bonds is 7. The number of likely N-dealkylation sites (N-methyl/N-ethyl adjacent to an activating group) is 1. The lowest BCUT2D eigenvalue weighted by Gasteiger charge is -2.17. The maximum atomic E-state index is 13.8. The van der Waals surface area contributed by atoms with Gasteiger partial charge in [-0.25, -0.2) is 13.6 Å². The Labute approximate surface area is 184 Å². The van der Waals surface area contributed by atoms with Crippen molar-refractivity contribution in [2.24, 2.45) is 0 Å². The van der Waals surface area contributed by atoms with Crippen molar-refractivity contribution in [1.82, 2.24) is 20.4 Å². The summed E-state index contributed by atoms with van der Waals surface area (Å²) in [5, 5.41) is 8.79. The molecule has 0 fully saturated rings. The highest BCUT2D eigenvalue weighted by molar-refractivity contribution is 9.10. The van der Waals surface area contributed by atoms with Crippen LogP contribution in [0, 0.1) is 11.6 Å². The second-order valence-electron chi connectivity index (χ2n) is 6.55. The molecule has 0 radical (unpaired) electrons. The number of hydrogen-bond acceptors (Lipinski definition) is 5. The minimum Gasteiger partial charge on any atom is -0.344 e. The van der Waals surface area contributed by atoms with E-state index in [4.69, 9.17) is 4.52 Å². The van der Waals surface area contributed by atoms with Gasteiger partial charge < -0.3 is 20.1 Å². The Hall–Kier alpha value is -3.34. The molecule has 1 aromatic heterocycles. The molecule has 31 heavy (non-hydrogen) atoms. The summed E-state index contributed by atoms with van der Waals surface area (Å²) in [6, 6.07) is 9.49. The van der Waals surface area contributed by atoms with Crippen LogP contribution >= 0.6 is 15.9 Å². The van der Waals surface area contributed by atoms with E-state index in [1.54, 1.807) is 18.2 Å². The number of urea groups is 1. The minimum absolute atomic E-state index is 0.0553. The van der Waals surface area contributed by atoms with Gasteiger partial charge in [-0.05, 0) is 35.9 Å². The number of hydrogen-bond donors (Lipinski definition) is 2. The summed E-state index contributed by atoms with van der Waals surface area (Å²) >= 11 is 3.15. The van der Waals surface area contributed by atoms with E-state index in [0.717, 1.165) is 0 Å². The Bertz CT molecular complexity index is 1070. The van der Waals surface area contributed by atoms with Crippen molar-refractivity contribution in [2.45, 2.75) is 13.0 Å². The van der Waals surface area contributed by atoms with Crippen LogP contribution in [0.2, 0.25) is 0 Å². The molecule has 3 rings (SSSR count). The van der Waals surface area contributed by atoms with Gasteiger partial charge in [0.1, 0.15) is 11.6 Å². The quantitative estimate of drug-likeness (QED) is 0.522. The molecule has 0 spiro atoms. The van der Waals surface area contributed by atoms with Crippen LogP contribution in [-0.2, 0) is 13.0 Å². The highest BCUT2D eigenvalue weighted by Crippen LogP contribution is 2.19. The molecule has 11 heteroatoms. The summed E-state index contributed by atoms with van der Waals surface area (Å²) in [5.41, 5.74) is 0.768. The van der Waals surface area contributed by atoms with Gasteiger partial charge >= 0.3 is 17.8 Å². The first-order valence-corrected chi connectivity index (χ1v) is 9.93. The Morgan fingerprint density at radius 1 is 1.16 bits per heavy atom. The third-order valence-electron chi connectivity index (χ3n) is 4.22. The molecule has 0 saturated heterocycles.